The van der Waals surface area contributed by atoms with E-state index >= 15 is 0 Å². The lowest BCUT2D eigenvalue weighted by Gasteiger charge is -2.09. The molecule has 0 unspecified atom stereocenters. The van der Waals surface area contributed by atoms with Gasteiger partial charge in [0.2, 0.25) is 5.88 Å². The van der Waals surface area contributed by atoms with E-state index in [-0.39, 0.29) is 5.88 Å². The van der Waals surface area contributed by atoms with E-state index in [1.807, 2.05) is 65.2 Å². The van der Waals surface area contributed by atoms with Gasteiger partial charge < -0.3 is 14.4 Å². The van der Waals surface area contributed by atoms with Crippen LogP contribution in [0.1, 0.15) is 31.4 Å². The second kappa shape index (κ2) is 10.0. The van der Waals surface area contributed by atoms with Gasteiger partial charge in [-0.2, -0.15) is 5.26 Å². The van der Waals surface area contributed by atoms with Crippen molar-refractivity contribution in [1.29, 1.82) is 5.26 Å². The van der Waals surface area contributed by atoms with Gasteiger partial charge in [0.1, 0.15) is 18.0 Å². The van der Waals surface area contributed by atoms with Crippen molar-refractivity contribution in [3.63, 3.8) is 0 Å². The summed E-state index contributed by atoms with van der Waals surface area (Å²) in [7, 11) is 0. The van der Waals surface area contributed by atoms with Crippen molar-refractivity contribution in [3.8, 4) is 17.7 Å². The van der Waals surface area contributed by atoms with Gasteiger partial charge in [0.15, 0.2) is 5.69 Å². The minimum atomic E-state index is 0.122. The van der Waals surface area contributed by atoms with Gasteiger partial charge in [-0.25, -0.2) is 0 Å². The first-order valence-corrected chi connectivity index (χ1v) is 11.0. The fraction of sp³-hybridized carbons (Fsp3) is 0.222. The van der Waals surface area contributed by atoms with Crippen LogP contribution in [-0.2, 0) is 13.2 Å². The minimum absolute atomic E-state index is 0.122. The van der Waals surface area contributed by atoms with Crippen LogP contribution in [0.3, 0.4) is 0 Å². The summed E-state index contributed by atoms with van der Waals surface area (Å²) in [5.74, 6) is 1.24. The maximum Gasteiger partial charge on any atom is 0.220 e. The van der Waals surface area contributed by atoms with Gasteiger partial charge in [0, 0.05) is 11.9 Å². The van der Waals surface area contributed by atoms with Crippen LogP contribution in [0.25, 0.3) is 10.9 Å². The Balaban J connectivity index is 1.59. The third kappa shape index (κ3) is 5.04. The molecule has 0 radical (unpaired) electrons. The highest BCUT2D eigenvalue weighted by molar-refractivity contribution is 5.95. The fourth-order valence-electron chi connectivity index (χ4n) is 3.59. The van der Waals surface area contributed by atoms with Crippen molar-refractivity contribution in [2.45, 2.75) is 33.4 Å². The molecule has 1 heterocycles. The average molecular weight is 439 g/mol. The average Bonchev–Trinajstić information content (AvgIpc) is 3.11. The van der Waals surface area contributed by atoms with Gasteiger partial charge in [0.25, 0.3) is 0 Å². The number of ether oxygens (including phenoxy) is 1. The minimum Gasteiger partial charge on any atom is -0.493 e. The van der Waals surface area contributed by atoms with E-state index < -0.39 is 0 Å². The second-order valence-electron chi connectivity index (χ2n) is 8.29. The number of para-hydroxylation sites is 2. The van der Waals surface area contributed by atoms with E-state index in [1.54, 1.807) is 12.1 Å². The smallest absolute Gasteiger partial charge is 0.220 e. The predicted molar refractivity (Wildman–Crippen MR) is 129 cm³/mol. The van der Waals surface area contributed by atoms with Crippen molar-refractivity contribution in [1.82, 2.24) is 4.57 Å². The Morgan fingerprint density at radius 1 is 0.970 bits per heavy atom. The number of hydrogen-bond acceptors (Lipinski definition) is 5. The van der Waals surface area contributed by atoms with Crippen LogP contribution >= 0.6 is 0 Å². The number of fused-ring (bicyclic) bond motifs is 1. The van der Waals surface area contributed by atoms with E-state index in [2.05, 4.69) is 30.1 Å². The highest BCUT2D eigenvalue weighted by Crippen LogP contribution is 2.40. The predicted octanol–water partition coefficient (Wildman–Crippen LogP) is 7.26. The van der Waals surface area contributed by atoms with Crippen molar-refractivity contribution in [2.75, 3.05) is 0 Å². The van der Waals surface area contributed by atoms with E-state index in [0.29, 0.717) is 41.8 Å². The highest BCUT2D eigenvalue weighted by Gasteiger charge is 2.16. The van der Waals surface area contributed by atoms with Crippen LogP contribution in [0.4, 0.5) is 11.4 Å². The molecule has 33 heavy (non-hydrogen) atoms. The van der Waals surface area contributed by atoms with Gasteiger partial charge in [-0.3, -0.25) is 0 Å². The number of aromatic nitrogens is 1. The maximum atomic E-state index is 10.9. The van der Waals surface area contributed by atoms with Crippen molar-refractivity contribution >= 4 is 22.3 Å². The van der Waals surface area contributed by atoms with E-state index in [4.69, 9.17) is 10.00 Å². The molecule has 1 N–H and O–H groups in total. The second-order valence-corrected chi connectivity index (χ2v) is 8.29. The van der Waals surface area contributed by atoms with Gasteiger partial charge in [-0.05, 0) is 48.2 Å². The molecule has 0 aliphatic rings. The third-order valence-electron chi connectivity index (χ3n) is 5.45. The number of benzene rings is 3. The molecule has 1 aromatic heterocycles. The van der Waals surface area contributed by atoms with E-state index in [0.717, 1.165) is 22.9 Å². The SMILES string of the molecule is CC(C)CCn1c(O)c(N=Nc2ccccc2OCc2ccc(C#N)cc2)c2ccccc21. The van der Waals surface area contributed by atoms with Gasteiger partial charge >= 0.3 is 0 Å². The molecule has 6 nitrogen and oxygen atoms in total. The summed E-state index contributed by atoms with van der Waals surface area (Å²) in [4.78, 5) is 0. The first kappa shape index (κ1) is 22.1. The molecular formula is C27H26N4O2. The molecule has 3 aromatic carbocycles. The van der Waals surface area contributed by atoms with Crippen molar-refractivity contribution in [2.24, 2.45) is 16.1 Å². The quantitative estimate of drug-likeness (QED) is 0.294. The molecule has 0 fully saturated rings. The van der Waals surface area contributed by atoms with E-state index in [1.165, 1.54) is 0 Å². The monoisotopic (exact) mass is 438 g/mol. The van der Waals surface area contributed by atoms with Crippen LogP contribution in [0.5, 0.6) is 11.6 Å². The molecule has 4 aromatic rings. The van der Waals surface area contributed by atoms with Gasteiger partial charge in [0.05, 0.1) is 17.1 Å². The Morgan fingerprint density at radius 2 is 1.70 bits per heavy atom. The number of nitriles is 1. The Bertz CT molecular complexity index is 1310. The summed E-state index contributed by atoms with van der Waals surface area (Å²) in [6, 6.07) is 24.6. The third-order valence-corrected chi connectivity index (χ3v) is 5.45. The first-order chi connectivity index (χ1) is 16.1. The molecule has 0 aliphatic carbocycles. The van der Waals surface area contributed by atoms with E-state index in [9.17, 15) is 5.11 Å². The lowest BCUT2D eigenvalue weighted by molar-refractivity contribution is 0.307. The number of aromatic hydroxyl groups is 1. The van der Waals surface area contributed by atoms with Gasteiger partial charge in [-0.1, -0.05) is 56.3 Å². The number of azo groups is 1. The Kier molecular flexibility index (Phi) is 6.70. The van der Waals surface area contributed by atoms with Crippen LogP contribution in [0, 0.1) is 17.2 Å². The van der Waals surface area contributed by atoms with Crippen LogP contribution in [-0.4, -0.2) is 9.67 Å². The molecule has 6 heteroatoms. The van der Waals surface area contributed by atoms with Crippen LogP contribution in [0.15, 0.2) is 83.0 Å². The fourth-order valence-corrected chi connectivity index (χ4v) is 3.59. The molecule has 0 bridgehead atoms. The van der Waals surface area contributed by atoms with Crippen LogP contribution < -0.4 is 4.74 Å². The summed E-state index contributed by atoms with van der Waals surface area (Å²) >= 11 is 0. The van der Waals surface area contributed by atoms with Crippen LogP contribution in [0.2, 0.25) is 0 Å². The topological polar surface area (TPSA) is 82.9 Å². The molecule has 0 saturated carbocycles. The summed E-state index contributed by atoms with van der Waals surface area (Å²) in [5.41, 5.74) is 3.53. The first-order valence-electron chi connectivity index (χ1n) is 11.0. The Labute approximate surface area is 193 Å². The zero-order chi connectivity index (χ0) is 23.2. The zero-order valence-corrected chi connectivity index (χ0v) is 18.8. The Morgan fingerprint density at radius 3 is 2.45 bits per heavy atom. The summed E-state index contributed by atoms with van der Waals surface area (Å²) in [5, 5.41) is 29.6. The summed E-state index contributed by atoms with van der Waals surface area (Å²) in [6.07, 6.45) is 0.953. The number of hydrogen-bond donors (Lipinski definition) is 1. The summed E-state index contributed by atoms with van der Waals surface area (Å²) < 4.78 is 7.87. The molecule has 166 valence electrons. The Hall–Kier alpha value is -4.11. The molecule has 0 atom stereocenters. The number of rotatable bonds is 8. The number of nitrogens with zero attached hydrogens (tertiary/aromatic N) is 4. The highest BCUT2D eigenvalue weighted by atomic mass is 16.5. The number of aryl methyl sites for hydroxylation is 1. The van der Waals surface area contributed by atoms with Crippen molar-refractivity contribution < 1.29 is 9.84 Å². The molecule has 4 rings (SSSR count). The molecule has 0 amide bonds. The molecule has 0 aliphatic heterocycles. The molecular weight excluding hydrogens is 412 g/mol. The van der Waals surface area contributed by atoms with Crippen molar-refractivity contribution in [3.05, 3.63) is 83.9 Å². The standard InChI is InChI=1S/C27H26N4O2/c1-19(2)15-16-31-24-9-5-3-7-22(24)26(27(31)32)30-29-23-8-4-6-10-25(23)33-18-21-13-11-20(17-28)12-14-21/h3-14,19,32H,15-16,18H2,1-2H3. The van der Waals surface area contributed by atoms with Gasteiger partial charge in [-0.15, -0.1) is 10.2 Å². The molecule has 0 saturated heterocycles. The largest absolute Gasteiger partial charge is 0.493 e. The normalized spacial score (nSPS) is 11.3. The lowest BCUT2D eigenvalue weighted by Crippen LogP contribution is -2.00. The molecule has 0 spiro atoms. The maximum absolute atomic E-state index is 10.9. The summed E-state index contributed by atoms with van der Waals surface area (Å²) in [6.45, 7) is 5.39. The lowest BCUT2D eigenvalue weighted by atomic mass is 10.1. The zero-order valence-electron chi connectivity index (χ0n) is 18.8.